The summed E-state index contributed by atoms with van der Waals surface area (Å²) in [5.74, 6) is 0. The smallest absolute Gasteiger partial charge is 0.250 e. The number of sulfonamides is 2. The maximum Gasteiger partial charge on any atom is 0.250 e. The van der Waals surface area contributed by atoms with Crippen LogP contribution in [0.3, 0.4) is 0 Å². The van der Waals surface area contributed by atoms with E-state index >= 15 is 0 Å². The van der Waals surface area contributed by atoms with E-state index in [4.69, 9.17) is 0 Å². The fourth-order valence-corrected chi connectivity index (χ4v) is 5.14. The normalized spacial score (nSPS) is 12.6. The lowest BCUT2D eigenvalue weighted by Gasteiger charge is -2.20. The lowest BCUT2D eigenvalue weighted by atomic mass is 10.3. The Labute approximate surface area is 146 Å². The van der Waals surface area contributed by atoms with Gasteiger partial charge in [0, 0.05) is 36.9 Å². The van der Waals surface area contributed by atoms with Gasteiger partial charge in [-0.1, -0.05) is 0 Å². The Morgan fingerprint density at radius 3 is 2.33 bits per heavy atom. The zero-order valence-corrected chi connectivity index (χ0v) is 15.8. The second kappa shape index (κ2) is 7.70. The van der Waals surface area contributed by atoms with E-state index in [1.165, 1.54) is 21.7 Å². The molecule has 7 nitrogen and oxygen atoms in total. The SMILES string of the molecule is Cc1ccc(S(=O)(=O)NCCN(Cc2ccncc2)S(C)(=O)=O)s1. The molecule has 0 spiro atoms. The van der Waals surface area contributed by atoms with Crippen molar-refractivity contribution in [1.82, 2.24) is 14.0 Å². The Bertz CT molecular complexity index is 877. The first kappa shape index (κ1) is 19.0. The highest BCUT2D eigenvalue weighted by atomic mass is 32.2. The Balaban J connectivity index is 2.01. The van der Waals surface area contributed by atoms with Gasteiger partial charge < -0.3 is 0 Å². The van der Waals surface area contributed by atoms with Crippen molar-refractivity contribution in [2.24, 2.45) is 0 Å². The van der Waals surface area contributed by atoms with Crippen molar-refractivity contribution in [3.63, 3.8) is 0 Å². The highest BCUT2D eigenvalue weighted by molar-refractivity contribution is 7.91. The minimum atomic E-state index is -3.62. The Morgan fingerprint density at radius 2 is 1.79 bits per heavy atom. The van der Waals surface area contributed by atoms with Crippen LogP contribution in [0.4, 0.5) is 0 Å². The van der Waals surface area contributed by atoms with E-state index < -0.39 is 20.0 Å². The molecule has 0 aliphatic rings. The highest BCUT2D eigenvalue weighted by Gasteiger charge is 2.20. The zero-order chi connectivity index (χ0) is 17.8. The summed E-state index contributed by atoms with van der Waals surface area (Å²) in [7, 11) is -7.08. The minimum Gasteiger partial charge on any atom is -0.265 e. The molecule has 1 N–H and O–H groups in total. The average Bonchev–Trinajstić information content (AvgIpc) is 2.94. The molecule has 0 saturated carbocycles. The van der Waals surface area contributed by atoms with Crippen LogP contribution >= 0.6 is 11.3 Å². The molecule has 0 amide bonds. The van der Waals surface area contributed by atoms with Gasteiger partial charge in [-0.15, -0.1) is 11.3 Å². The van der Waals surface area contributed by atoms with Crippen LogP contribution in [0.1, 0.15) is 10.4 Å². The highest BCUT2D eigenvalue weighted by Crippen LogP contribution is 2.20. The number of hydrogen-bond acceptors (Lipinski definition) is 6. The molecule has 0 aliphatic heterocycles. The Kier molecular flexibility index (Phi) is 6.10. The topological polar surface area (TPSA) is 96.4 Å². The fourth-order valence-electron chi connectivity index (χ4n) is 1.99. The molecule has 2 aromatic heterocycles. The number of nitrogens with zero attached hydrogens (tertiary/aromatic N) is 2. The van der Waals surface area contributed by atoms with Crippen molar-refractivity contribution in [1.29, 1.82) is 0 Å². The molecule has 0 aliphatic carbocycles. The lowest BCUT2D eigenvalue weighted by Crippen LogP contribution is -2.37. The largest absolute Gasteiger partial charge is 0.265 e. The molecule has 132 valence electrons. The van der Waals surface area contributed by atoms with E-state index in [9.17, 15) is 16.8 Å². The third-order valence-electron chi connectivity index (χ3n) is 3.21. The van der Waals surface area contributed by atoms with E-state index in [1.807, 2.05) is 6.92 Å². The van der Waals surface area contributed by atoms with Gasteiger partial charge in [-0.25, -0.2) is 21.6 Å². The third kappa shape index (κ3) is 5.35. The standard InChI is InChI=1S/C14H19N3O4S3/c1-12-3-4-14(22-12)24(20,21)16-9-10-17(23(2,18)19)11-13-5-7-15-8-6-13/h3-8,16H,9-11H2,1-2H3. The number of rotatable bonds is 8. The molecule has 0 saturated heterocycles. The summed E-state index contributed by atoms with van der Waals surface area (Å²) >= 11 is 1.17. The summed E-state index contributed by atoms with van der Waals surface area (Å²) in [6.07, 6.45) is 4.26. The quantitative estimate of drug-likeness (QED) is 0.732. The Hall–Kier alpha value is -1.33. The molecule has 10 heteroatoms. The summed E-state index contributed by atoms with van der Waals surface area (Å²) in [5, 5.41) is 0. The maximum atomic E-state index is 12.2. The second-order valence-electron chi connectivity index (χ2n) is 5.21. The molecule has 2 aromatic rings. The maximum absolute atomic E-state index is 12.2. The summed E-state index contributed by atoms with van der Waals surface area (Å²) in [4.78, 5) is 4.78. The van der Waals surface area contributed by atoms with Crippen LogP contribution in [0.5, 0.6) is 0 Å². The van der Waals surface area contributed by atoms with Crippen molar-refractivity contribution in [3.05, 3.63) is 47.1 Å². The third-order valence-corrected chi connectivity index (χ3v) is 7.41. The predicted octanol–water partition coefficient (Wildman–Crippen LogP) is 1.19. The van der Waals surface area contributed by atoms with Gasteiger partial charge in [0.25, 0.3) is 0 Å². The first-order chi connectivity index (χ1) is 11.2. The van der Waals surface area contributed by atoms with Crippen LogP contribution in [-0.2, 0) is 26.6 Å². The number of pyridine rings is 1. The van der Waals surface area contributed by atoms with Crippen molar-refractivity contribution in [3.8, 4) is 0 Å². The van der Waals surface area contributed by atoms with Crippen molar-refractivity contribution < 1.29 is 16.8 Å². The van der Waals surface area contributed by atoms with Gasteiger partial charge in [0.15, 0.2) is 0 Å². The van der Waals surface area contributed by atoms with E-state index in [-0.39, 0.29) is 23.8 Å². The molecule has 24 heavy (non-hydrogen) atoms. The zero-order valence-electron chi connectivity index (χ0n) is 13.3. The predicted molar refractivity (Wildman–Crippen MR) is 93.7 cm³/mol. The number of nitrogens with one attached hydrogen (secondary N) is 1. The first-order valence-electron chi connectivity index (χ1n) is 7.08. The fraction of sp³-hybridized carbons (Fsp3) is 0.357. The summed E-state index contributed by atoms with van der Waals surface area (Å²) in [6, 6.07) is 6.70. The van der Waals surface area contributed by atoms with Gasteiger partial charge >= 0.3 is 0 Å². The second-order valence-corrected chi connectivity index (χ2v) is 10.5. The van der Waals surface area contributed by atoms with Crippen LogP contribution in [0.25, 0.3) is 0 Å². The summed E-state index contributed by atoms with van der Waals surface area (Å²) in [5.41, 5.74) is 0.784. The van der Waals surface area contributed by atoms with Gasteiger partial charge in [-0.3, -0.25) is 4.98 Å². The van der Waals surface area contributed by atoms with Gasteiger partial charge in [0.1, 0.15) is 4.21 Å². The molecule has 0 bridgehead atoms. The van der Waals surface area contributed by atoms with Crippen LogP contribution in [-0.4, -0.2) is 45.5 Å². The number of hydrogen-bond donors (Lipinski definition) is 1. The van der Waals surface area contributed by atoms with Crippen molar-refractivity contribution >= 4 is 31.4 Å². The molecular weight excluding hydrogens is 370 g/mol. The molecule has 2 rings (SSSR count). The van der Waals surface area contributed by atoms with Gasteiger partial charge in [0.05, 0.1) is 6.26 Å². The van der Waals surface area contributed by atoms with Crippen molar-refractivity contribution in [2.45, 2.75) is 17.7 Å². The van der Waals surface area contributed by atoms with Gasteiger partial charge in [0.2, 0.25) is 20.0 Å². The average molecular weight is 390 g/mol. The van der Waals surface area contributed by atoms with Crippen LogP contribution in [0.15, 0.2) is 40.9 Å². The molecule has 0 atom stereocenters. The van der Waals surface area contributed by atoms with E-state index in [0.29, 0.717) is 0 Å². The first-order valence-corrected chi connectivity index (χ1v) is 11.2. The Morgan fingerprint density at radius 1 is 1.12 bits per heavy atom. The van der Waals surface area contributed by atoms with Crippen LogP contribution in [0, 0.1) is 6.92 Å². The van der Waals surface area contributed by atoms with E-state index in [0.717, 1.165) is 16.7 Å². The van der Waals surface area contributed by atoms with E-state index in [2.05, 4.69) is 9.71 Å². The molecular formula is C14H19N3O4S3. The minimum absolute atomic E-state index is 0.00255. The van der Waals surface area contributed by atoms with E-state index in [1.54, 1.807) is 30.6 Å². The summed E-state index contributed by atoms with van der Waals surface area (Å²) in [6.45, 7) is 2.03. The molecule has 0 unspecified atom stereocenters. The molecule has 2 heterocycles. The van der Waals surface area contributed by atoms with Gasteiger partial charge in [-0.05, 0) is 36.8 Å². The molecule has 0 fully saturated rings. The monoisotopic (exact) mass is 389 g/mol. The van der Waals surface area contributed by atoms with Crippen molar-refractivity contribution in [2.75, 3.05) is 19.3 Å². The number of aromatic nitrogens is 1. The molecule has 0 aromatic carbocycles. The number of thiophene rings is 1. The lowest BCUT2D eigenvalue weighted by molar-refractivity contribution is 0.412. The molecule has 0 radical (unpaired) electrons. The van der Waals surface area contributed by atoms with Crippen LogP contribution < -0.4 is 4.72 Å². The summed E-state index contributed by atoms with van der Waals surface area (Å²) < 4.78 is 52.0. The van der Waals surface area contributed by atoms with Gasteiger partial charge in [-0.2, -0.15) is 4.31 Å². The van der Waals surface area contributed by atoms with Crippen LogP contribution in [0.2, 0.25) is 0 Å². The number of aryl methyl sites for hydroxylation is 1.